The number of nitrogens with zero attached hydrogens (tertiary/aromatic N) is 2. The van der Waals surface area contributed by atoms with Gasteiger partial charge in [0.05, 0.1) is 22.6 Å². The fraction of sp³-hybridized carbons (Fsp3) is 0.261. The Morgan fingerprint density at radius 3 is 2.67 bits per heavy atom. The van der Waals surface area contributed by atoms with E-state index >= 15 is 0 Å². The zero-order chi connectivity index (χ0) is 21.3. The van der Waals surface area contributed by atoms with Crippen molar-refractivity contribution in [3.05, 3.63) is 81.5 Å². The summed E-state index contributed by atoms with van der Waals surface area (Å²) < 4.78 is 6.51. The van der Waals surface area contributed by atoms with Crippen molar-refractivity contribution in [1.82, 2.24) is 4.90 Å². The maximum Gasteiger partial charge on any atom is 0.338 e. The van der Waals surface area contributed by atoms with Gasteiger partial charge in [-0.1, -0.05) is 77.1 Å². The van der Waals surface area contributed by atoms with Gasteiger partial charge in [-0.3, -0.25) is 9.69 Å². The lowest BCUT2D eigenvalue weighted by molar-refractivity contribution is -0.141. The van der Waals surface area contributed by atoms with E-state index in [2.05, 4.69) is 20.9 Å². The lowest BCUT2D eigenvalue weighted by Gasteiger charge is -2.33. The van der Waals surface area contributed by atoms with Crippen LogP contribution in [-0.4, -0.2) is 27.2 Å². The highest BCUT2D eigenvalue weighted by atomic mass is 79.9. The van der Waals surface area contributed by atoms with E-state index in [1.807, 2.05) is 61.5 Å². The molecule has 0 unspecified atom stereocenters. The second-order valence-corrected chi connectivity index (χ2v) is 9.22. The standard InChI is InChI=1S/C23H21BrN2O3S/c1-3-18-21(27)26-20(16-10-7-11-17(24)12-16)19(14(2)25-23(26)30-18)22(28)29-13-15-8-5-4-6-9-15/h4-12,18,20H,3,13H2,1-2H3/t18-,20-/m0/s1. The van der Waals surface area contributed by atoms with Crippen molar-refractivity contribution in [1.29, 1.82) is 0 Å². The minimum atomic E-state index is -0.560. The minimum absolute atomic E-state index is 0.0212. The first kappa shape index (κ1) is 20.9. The molecule has 0 N–H and O–H groups in total. The van der Waals surface area contributed by atoms with Gasteiger partial charge in [0.1, 0.15) is 6.61 Å². The third kappa shape index (κ3) is 3.96. The number of hydrogen-bond acceptors (Lipinski definition) is 5. The van der Waals surface area contributed by atoms with Gasteiger partial charge < -0.3 is 4.74 Å². The maximum absolute atomic E-state index is 13.2. The normalized spacial score (nSPS) is 20.8. The highest BCUT2D eigenvalue weighted by Crippen LogP contribution is 2.44. The molecule has 1 amide bonds. The van der Waals surface area contributed by atoms with Gasteiger partial charge in [0.2, 0.25) is 5.91 Å². The molecule has 2 heterocycles. The van der Waals surface area contributed by atoms with E-state index in [1.165, 1.54) is 11.8 Å². The number of thioether (sulfide) groups is 1. The Kier molecular flexibility index (Phi) is 6.11. The molecule has 0 saturated carbocycles. The summed E-state index contributed by atoms with van der Waals surface area (Å²) in [5.74, 6) is -0.478. The van der Waals surface area contributed by atoms with Crippen molar-refractivity contribution in [2.24, 2.45) is 4.99 Å². The number of halogens is 1. The molecule has 2 aliphatic heterocycles. The molecule has 154 valence electrons. The molecule has 0 aromatic heterocycles. The van der Waals surface area contributed by atoms with E-state index in [-0.39, 0.29) is 17.8 Å². The number of amidine groups is 1. The highest BCUT2D eigenvalue weighted by Gasteiger charge is 2.47. The number of carbonyl (C=O) groups is 2. The van der Waals surface area contributed by atoms with Crippen LogP contribution in [0.15, 0.2) is 75.3 Å². The summed E-state index contributed by atoms with van der Waals surface area (Å²) in [4.78, 5) is 32.6. The van der Waals surface area contributed by atoms with E-state index < -0.39 is 12.0 Å². The minimum Gasteiger partial charge on any atom is -0.457 e. The Labute approximate surface area is 188 Å². The topological polar surface area (TPSA) is 59.0 Å². The Bertz CT molecular complexity index is 1050. The zero-order valence-corrected chi connectivity index (χ0v) is 19.1. The Hall–Kier alpha value is -2.38. The molecule has 2 aliphatic rings. The number of rotatable bonds is 5. The Balaban J connectivity index is 1.72. The molecular weight excluding hydrogens is 464 g/mol. The third-order valence-corrected chi connectivity index (χ3v) is 6.93. The smallest absolute Gasteiger partial charge is 0.338 e. The molecule has 5 nitrogen and oxygen atoms in total. The second-order valence-electron chi connectivity index (χ2n) is 7.14. The number of fused-ring (bicyclic) bond motifs is 1. The summed E-state index contributed by atoms with van der Waals surface area (Å²) in [6.07, 6.45) is 0.705. The predicted molar refractivity (Wildman–Crippen MR) is 122 cm³/mol. The largest absolute Gasteiger partial charge is 0.457 e. The quantitative estimate of drug-likeness (QED) is 0.545. The first-order valence-electron chi connectivity index (χ1n) is 9.75. The molecule has 30 heavy (non-hydrogen) atoms. The molecule has 2 aromatic carbocycles. The molecule has 0 aliphatic carbocycles. The summed E-state index contributed by atoms with van der Waals surface area (Å²) in [5, 5.41) is 0.458. The Morgan fingerprint density at radius 2 is 1.97 bits per heavy atom. The lowest BCUT2D eigenvalue weighted by atomic mass is 9.94. The molecule has 1 fully saturated rings. The van der Waals surface area contributed by atoms with Crippen LogP contribution < -0.4 is 0 Å². The van der Waals surface area contributed by atoms with E-state index in [1.54, 1.807) is 11.8 Å². The van der Waals surface area contributed by atoms with Gasteiger partial charge in [-0.05, 0) is 36.6 Å². The van der Waals surface area contributed by atoms with Gasteiger partial charge in [0.25, 0.3) is 0 Å². The monoisotopic (exact) mass is 484 g/mol. The van der Waals surface area contributed by atoms with E-state index in [0.29, 0.717) is 22.9 Å². The predicted octanol–water partition coefficient (Wildman–Crippen LogP) is 5.23. The molecular formula is C23H21BrN2O3S. The number of aliphatic imine (C=N–C) groups is 1. The fourth-order valence-corrected chi connectivity index (χ4v) is 5.19. The van der Waals surface area contributed by atoms with Crippen LogP contribution in [0.4, 0.5) is 0 Å². The van der Waals surface area contributed by atoms with Crippen molar-refractivity contribution in [2.75, 3.05) is 0 Å². The fourth-order valence-electron chi connectivity index (χ4n) is 3.64. The number of allylic oxidation sites excluding steroid dienone is 1. The number of esters is 1. The molecule has 4 rings (SSSR count). The molecule has 1 saturated heterocycles. The van der Waals surface area contributed by atoms with Crippen molar-refractivity contribution in [3.63, 3.8) is 0 Å². The number of hydrogen-bond donors (Lipinski definition) is 0. The summed E-state index contributed by atoms with van der Waals surface area (Å²) in [6, 6.07) is 16.7. The number of amides is 1. The lowest BCUT2D eigenvalue weighted by Crippen LogP contribution is -2.40. The van der Waals surface area contributed by atoms with Crippen LogP contribution in [0, 0.1) is 0 Å². The summed E-state index contributed by atoms with van der Waals surface area (Å²) in [6.45, 7) is 3.95. The molecule has 2 aromatic rings. The van der Waals surface area contributed by atoms with Crippen LogP contribution in [-0.2, 0) is 20.9 Å². The van der Waals surface area contributed by atoms with Crippen molar-refractivity contribution in [3.8, 4) is 0 Å². The van der Waals surface area contributed by atoms with Crippen LogP contribution in [0.2, 0.25) is 0 Å². The van der Waals surface area contributed by atoms with Crippen molar-refractivity contribution < 1.29 is 14.3 Å². The molecule has 2 atom stereocenters. The van der Waals surface area contributed by atoms with Gasteiger partial charge in [-0.2, -0.15) is 0 Å². The number of ether oxygens (including phenoxy) is 1. The van der Waals surface area contributed by atoms with Crippen molar-refractivity contribution >= 4 is 44.7 Å². The van der Waals surface area contributed by atoms with E-state index in [4.69, 9.17) is 4.74 Å². The van der Waals surface area contributed by atoms with E-state index in [0.717, 1.165) is 15.6 Å². The highest BCUT2D eigenvalue weighted by molar-refractivity contribution is 9.10. The summed E-state index contributed by atoms with van der Waals surface area (Å²) in [5.41, 5.74) is 2.73. The van der Waals surface area contributed by atoms with Crippen LogP contribution in [0.3, 0.4) is 0 Å². The first-order chi connectivity index (χ1) is 14.5. The van der Waals surface area contributed by atoms with Gasteiger partial charge in [0, 0.05) is 4.47 Å². The van der Waals surface area contributed by atoms with Gasteiger partial charge >= 0.3 is 5.97 Å². The van der Waals surface area contributed by atoms with Crippen molar-refractivity contribution in [2.45, 2.75) is 38.2 Å². The van der Waals surface area contributed by atoms with Crippen LogP contribution >= 0.6 is 27.7 Å². The van der Waals surface area contributed by atoms with E-state index in [9.17, 15) is 9.59 Å². The number of carbonyl (C=O) groups excluding carboxylic acids is 2. The maximum atomic E-state index is 13.2. The van der Waals surface area contributed by atoms with Gasteiger partial charge in [0.15, 0.2) is 5.17 Å². The average molecular weight is 485 g/mol. The van der Waals surface area contributed by atoms with Gasteiger partial charge in [-0.25, -0.2) is 9.79 Å². The van der Waals surface area contributed by atoms with Crippen LogP contribution in [0.25, 0.3) is 0 Å². The zero-order valence-electron chi connectivity index (χ0n) is 16.7. The molecule has 0 bridgehead atoms. The average Bonchev–Trinajstić information content (AvgIpc) is 3.06. The van der Waals surface area contributed by atoms with Crippen LogP contribution in [0.5, 0.6) is 0 Å². The molecule has 0 radical (unpaired) electrons. The summed E-state index contributed by atoms with van der Waals surface area (Å²) in [7, 11) is 0. The van der Waals surface area contributed by atoms with Crippen LogP contribution in [0.1, 0.15) is 37.4 Å². The summed E-state index contributed by atoms with van der Waals surface area (Å²) >= 11 is 4.97. The SMILES string of the molecule is CC[C@@H]1SC2=NC(C)=C(C(=O)OCc3ccccc3)[C@H](c3cccc(Br)c3)N2C1=O. The second kappa shape index (κ2) is 8.78. The number of benzene rings is 2. The Morgan fingerprint density at radius 1 is 1.20 bits per heavy atom. The molecule has 7 heteroatoms. The third-order valence-electron chi connectivity index (χ3n) is 5.12. The van der Waals surface area contributed by atoms with Gasteiger partial charge in [-0.15, -0.1) is 0 Å². The molecule has 0 spiro atoms. The first-order valence-corrected chi connectivity index (χ1v) is 11.4.